The number of anilines is 2. The molecule has 1 aromatic heterocycles. The number of hydrogen-bond donors (Lipinski definition) is 2. The van der Waals surface area contributed by atoms with E-state index >= 15 is 0 Å². The van der Waals surface area contributed by atoms with E-state index in [-0.39, 0.29) is 5.69 Å². The highest BCUT2D eigenvalue weighted by Gasteiger charge is 2.21. The molecule has 0 bridgehead atoms. The third kappa shape index (κ3) is 2.85. The topological polar surface area (TPSA) is 93.0 Å². The van der Waals surface area contributed by atoms with Crippen molar-refractivity contribution in [2.45, 2.75) is 26.2 Å². The van der Waals surface area contributed by atoms with Gasteiger partial charge >= 0.3 is 5.69 Å². The molecule has 1 aliphatic carbocycles. The van der Waals surface area contributed by atoms with E-state index in [9.17, 15) is 10.1 Å². The second-order valence-corrected chi connectivity index (χ2v) is 4.39. The van der Waals surface area contributed by atoms with Crippen LogP contribution in [0, 0.1) is 16.0 Å². The molecule has 0 aromatic carbocycles. The van der Waals surface area contributed by atoms with Gasteiger partial charge in [0.2, 0.25) is 11.8 Å². The fourth-order valence-corrected chi connectivity index (χ4v) is 1.82. The van der Waals surface area contributed by atoms with Gasteiger partial charge in [-0.25, -0.2) is 4.98 Å². The van der Waals surface area contributed by atoms with Crippen molar-refractivity contribution in [3.05, 3.63) is 16.3 Å². The predicted molar refractivity (Wildman–Crippen MR) is 68.7 cm³/mol. The fourth-order valence-electron chi connectivity index (χ4n) is 1.82. The molecule has 1 heterocycles. The summed E-state index contributed by atoms with van der Waals surface area (Å²) in [5.41, 5.74) is -0.0732. The first kappa shape index (κ1) is 12.5. The molecule has 7 nitrogen and oxygen atoms in total. The maximum atomic E-state index is 10.9. The number of hydrogen-bond acceptors (Lipinski definition) is 6. The van der Waals surface area contributed by atoms with E-state index in [1.165, 1.54) is 25.5 Å². The van der Waals surface area contributed by atoms with Crippen LogP contribution in [-0.4, -0.2) is 28.0 Å². The van der Waals surface area contributed by atoms with Crippen molar-refractivity contribution in [1.29, 1.82) is 0 Å². The standard InChI is InChI=1S/C11H17N5O2/c1-2-12-11-14-7-9(16(17)18)10(15-11)13-6-8-4-3-5-8/h7-8H,2-6H2,1H3,(H2,12,13,14,15). The van der Waals surface area contributed by atoms with Gasteiger partial charge in [-0.3, -0.25) is 10.1 Å². The van der Waals surface area contributed by atoms with Gasteiger partial charge in [0.25, 0.3) is 0 Å². The third-order valence-corrected chi connectivity index (χ3v) is 3.08. The van der Waals surface area contributed by atoms with Crippen LogP contribution in [-0.2, 0) is 0 Å². The molecule has 0 saturated heterocycles. The number of rotatable bonds is 6. The van der Waals surface area contributed by atoms with Gasteiger partial charge in [0.1, 0.15) is 6.20 Å². The number of aromatic nitrogens is 2. The van der Waals surface area contributed by atoms with Crippen LogP contribution < -0.4 is 10.6 Å². The molecule has 0 spiro atoms. The van der Waals surface area contributed by atoms with Crippen LogP contribution in [0.4, 0.5) is 17.5 Å². The number of nitro groups is 1. The molecule has 0 amide bonds. The first-order valence-corrected chi connectivity index (χ1v) is 6.20. The Morgan fingerprint density at radius 1 is 1.50 bits per heavy atom. The zero-order valence-electron chi connectivity index (χ0n) is 10.3. The molecule has 7 heteroatoms. The molecule has 1 saturated carbocycles. The number of nitrogens with zero attached hydrogens (tertiary/aromatic N) is 3. The Labute approximate surface area is 105 Å². The third-order valence-electron chi connectivity index (χ3n) is 3.08. The Kier molecular flexibility index (Phi) is 3.91. The molecule has 1 aromatic rings. The van der Waals surface area contributed by atoms with E-state index < -0.39 is 4.92 Å². The summed E-state index contributed by atoms with van der Waals surface area (Å²) in [5, 5.41) is 16.9. The molecule has 0 atom stereocenters. The lowest BCUT2D eigenvalue weighted by Gasteiger charge is -2.25. The van der Waals surface area contributed by atoms with Crippen LogP contribution in [0.3, 0.4) is 0 Å². The van der Waals surface area contributed by atoms with Gasteiger partial charge in [-0.05, 0) is 25.7 Å². The summed E-state index contributed by atoms with van der Waals surface area (Å²) in [6, 6.07) is 0. The van der Waals surface area contributed by atoms with Gasteiger partial charge in [0.05, 0.1) is 4.92 Å². The summed E-state index contributed by atoms with van der Waals surface area (Å²) in [6.07, 6.45) is 4.87. The lowest BCUT2D eigenvalue weighted by molar-refractivity contribution is -0.384. The Morgan fingerprint density at radius 2 is 2.28 bits per heavy atom. The summed E-state index contributed by atoms with van der Waals surface area (Å²) in [5.74, 6) is 1.33. The molecular formula is C11H17N5O2. The van der Waals surface area contributed by atoms with Crippen LogP contribution >= 0.6 is 0 Å². The summed E-state index contributed by atoms with van der Waals surface area (Å²) in [4.78, 5) is 18.5. The lowest BCUT2D eigenvalue weighted by atomic mass is 9.85. The van der Waals surface area contributed by atoms with Crippen LogP contribution in [0.2, 0.25) is 0 Å². The smallest absolute Gasteiger partial charge is 0.329 e. The monoisotopic (exact) mass is 251 g/mol. The lowest BCUT2D eigenvalue weighted by Crippen LogP contribution is -2.22. The van der Waals surface area contributed by atoms with Gasteiger partial charge in [-0.15, -0.1) is 0 Å². The number of nitrogens with one attached hydrogen (secondary N) is 2. The summed E-state index contributed by atoms with van der Waals surface area (Å²) in [6.45, 7) is 3.34. The molecule has 1 fully saturated rings. The first-order chi connectivity index (χ1) is 8.70. The Bertz CT molecular complexity index is 433. The quantitative estimate of drug-likeness (QED) is 0.593. The Balaban J connectivity index is 2.11. The van der Waals surface area contributed by atoms with Crippen LogP contribution in [0.5, 0.6) is 0 Å². The minimum Gasteiger partial charge on any atom is -0.364 e. The normalized spacial score (nSPS) is 14.9. The van der Waals surface area contributed by atoms with E-state index in [4.69, 9.17) is 0 Å². The van der Waals surface area contributed by atoms with E-state index in [1.807, 2.05) is 6.92 Å². The molecular weight excluding hydrogens is 234 g/mol. The minimum absolute atomic E-state index is 0.0732. The van der Waals surface area contributed by atoms with Gasteiger partial charge in [-0.2, -0.15) is 4.98 Å². The van der Waals surface area contributed by atoms with Crippen molar-refractivity contribution in [2.24, 2.45) is 5.92 Å². The van der Waals surface area contributed by atoms with Gasteiger partial charge < -0.3 is 10.6 Å². The van der Waals surface area contributed by atoms with E-state index in [0.29, 0.717) is 24.2 Å². The van der Waals surface area contributed by atoms with Crippen molar-refractivity contribution < 1.29 is 4.92 Å². The maximum absolute atomic E-state index is 10.9. The molecule has 18 heavy (non-hydrogen) atoms. The zero-order chi connectivity index (χ0) is 13.0. The van der Waals surface area contributed by atoms with Gasteiger partial charge in [0, 0.05) is 13.1 Å². The molecule has 0 unspecified atom stereocenters. The highest BCUT2D eigenvalue weighted by atomic mass is 16.6. The van der Waals surface area contributed by atoms with Gasteiger partial charge in [-0.1, -0.05) is 6.42 Å². The molecule has 0 aliphatic heterocycles. The minimum atomic E-state index is -0.459. The average molecular weight is 251 g/mol. The maximum Gasteiger partial charge on any atom is 0.329 e. The first-order valence-electron chi connectivity index (χ1n) is 6.20. The highest BCUT2D eigenvalue weighted by Crippen LogP contribution is 2.28. The van der Waals surface area contributed by atoms with Crippen LogP contribution in [0.15, 0.2) is 6.20 Å². The Hall–Kier alpha value is -1.92. The SMILES string of the molecule is CCNc1ncc([N+](=O)[O-])c(NCC2CCC2)n1. The van der Waals surface area contributed by atoms with Crippen molar-refractivity contribution >= 4 is 17.5 Å². The van der Waals surface area contributed by atoms with E-state index in [0.717, 1.165) is 6.54 Å². The van der Waals surface area contributed by atoms with Crippen molar-refractivity contribution in [3.63, 3.8) is 0 Å². The summed E-state index contributed by atoms with van der Waals surface area (Å²) in [7, 11) is 0. The second-order valence-electron chi connectivity index (χ2n) is 4.39. The van der Waals surface area contributed by atoms with E-state index in [2.05, 4.69) is 20.6 Å². The highest BCUT2D eigenvalue weighted by molar-refractivity contribution is 5.56. The Morgan fingerprint density at radius 3 is 2.83 bits per heavy atom. The van der Waals surface area contributed by atoms with E-state index in [1.54, 1.807) is 0 Å². The largest absolute Gasteiger partial charge is 0.364 e. The molecule has 2 rings (SSSR count). The summed E-state index contributed by atoms with van der Waals surface area (Å²) < 4.78 is 0. The van der Waals surface area contributed by atoms with Gasteiger partial charge in [0.15, 0.2) is 0 Å². The van der Waals surface area contributed by atoms with Crippen LogP contribution in [0.1, 0.15) is 26.2 Å². The van der Waals surface area contributed by atoms with Crippen LogP contribution in [0.25, 0.3) is 0 Å². The van der Waals surface area contributed by atoms with Crippen molar-refractivity contribution in [2.75, 3.05) is 23.7 Å². The molecule has 0 radical (unpaired) electrons. The molecule has 2 N–H and O–H groups in total. The zero-order valence-corrected chi connectivity index (χ0v) is 10.3. The average Bonchev–Trinajstić information content (AvgIpc) is 2.27. The van der Waals surface area contributed by atoms with Crippen molar-refractivity contribution in [1.82, 2.24) is 9.97 Å². The fraction of sp³-hybridized carbons (Fsp3) is 0.636. The summed E-state index contributed by atoms with van der Waals surface area (Å²) >= 11 is 0. The predicted octanol–water partition coefficient (Wildman–Crippen LogP) is 2.03. The van der Waals surface area contributed by atoms with Crippen molar-refractivity contribution in [3.8, 4) is 0 Å². The molecule has 98 valence electrons. The molecule has 1 aliphatic rings. The second kappa shape index (κ2) is 5.61.